The highest BCUT2D eigenvalue weighted by atomic mass is 32.2. The number of carbonyl (C=O) groups is 2. The van der Waals surface area contributed by atoms with E-state index >= 15 is 0 Å². The van der Waals surface area contributed by atoms with Crippen molar-refractivity contribution >= 4 is 23.6 Å². The summed E-state index contributed by atoms with van der Waals surface area (Å²) in [6.07, 6.45) is 5.77. The Morgan fingerprint density at radius 3 is 2.84 bits per heavy atom. The Bertz CT molecular complexity index is 633. The molecule has 2 fully saturated rings. The molecule has 1 aromatic heterocycles. The Balaban J connectivity index is 1.52. The van der Waals surface area contributed by atoms with Crippen LogP contribution in [0.25, 0.3) is 0 Å². The number of likely N-dealkylation sites (tertiary alicyclic amines) is 1. The third-order valence-electron chi connectivity index (χ3n) is 4.67. The van der Waals surface area contributed by atoms with Gasteiger partial charge in [-0.15, -0.1) is 11.8 Å². The van der Waals surface area contributed by atoms with Crippen LogP contribution in [0.2, 0.25) is 0 Å². The molecule has 2 atom stereocenters. The van der Waals surface area contributed by atoms with E-state index in [9.17, 15) is 9.59 Å². The minimum Gasteiger partial charge on any atom is -0.349 e. The van der Waals surface area contributed by atoms with Crippen molar-refractivity contribution in [2.45, 2.75) is 49.6 Å². The van der Waals surface area contributed by atoms with E-state index in [1.54, 1.807) is 12.3 Å². The summed E-state index contributed by atoms with van der Waals surface area (Å²) in [5.41, 5.74) is 0.632. The number of nitrogens with one attached hydrogen (secondary N) is 3. The number of nitrogens with zero attached hydrogens (tertiary/aromatic N) is 2. The van der Waals surface area contributed by atoms with Crippen molar-refractivity contribution in [1.29, 1.82) is 0 Å². The number of hydrogen-bond donors (Lipinski definition) is 3. The Morgan fingerprint density at radius 1 is 1.40 bits per heavy atom. The van der Waals surface area contributed by atoms with Gasteiger partial charge in [0.15, 0.2) is 0 Å². The number of piperidine rings is 1. The molecule has 0 aromatic carbocycles. The molecule has 3 heterocycles. The predicted octanol–water partition coefficient (Wildman–Crippen LogP) is 0.779. The van der Waals surface area contributed by atoms with Crippen LogP contribution < -0.4 is 16.0 Å². The molecule has 0 spiro atoms. The lowest BCUT2D eigenvalue weighted by Crippen LogP contribution is -2.65. The molecular weight excluding hydrogens is 338 g/mol. The zero-order chi connectivity index (χ0) is 17.8. The van der Waals surface area contributed by atoms with Gasteiger partial charge < -0.3 is 10.6 Å². The van der Waals surface area contributed by atoms with Gasteiger partial charge in [0.1, 0.15) is 11.3 Å². The normalized spacial score (nSPS) is 25.4. The lowest BCUT2D eigenvalue weighted by atomic mass is 10.0. The van der Waals surface area contributed by atoms with Crippen molar-refractivity contribution in [1.82, 2.24) is 25.8 Å². The standard InChI is InChI=1S/C17H25N5O2S/c1-11-10-14(23)21-17(19-11)22-8-5-12(6-9-22)20-15(24)13-4-3-7-18-16(13)25-2/h3-4,7,11-12,17,19H,5-6,8-10H2,1-2H3,(H,20,24)(H,21,23). The molecule has 0 radical (unpaired) electrons. The van der Waals surface area contributed by atoms with E-state index in [4.69, 9.17) is 0 Å². The summed E-state index contributed by atoms with van der Waals surface area (Å²) in [5, 5.41) is 10.3. The fraction of sp³-hybridized carbons (Fsp3) is 0.588. The van der Waals surface area contributed by atoms with Gasteiger partial charge in [0, 0.05) is 37.8 Å². The second kappa shape index (κ2) is 8.16. The van der Waals surface area contributed by atoms with E-state index in [0.29, 0.717) is 12.0 Å². The Morgan fingerprint density at radius 2 is 2.16 bits per heavy atom. The van der Waals surface area contributed by atoms with Crippen molar-refractivity contribution in [3.8, 4) is 0 Å². The third-order valence-corrected chi connectivity index (χ3v) is 5.38. The smallest absolute Gasteiger partial charge is 0.254 e. The highest BCUT2D eigenvalue weighted by Gasteiger charge is 2.31. The van der Waals surface area contributed by atoms with Crippen LogP contribution in [0.1, 0.15) is 36.5 Å². The van der Waals surface area contributed by atoms with Gasteiger partial charge in [-0.3, -0.25) is 19.8 Å². The molecule has 25 heavy (non-hydrogen) atoms. The highest BCUT2D eigenvalue weighted by Crippen LogP contribution is 2.18. The van der Waals surface area contributed by atoms with Gasteiger partial charge in [-0.25, -0.2) is 4.98 Å². The number of aromatic nitrogens is 1. The maximum atomic E-state index is 12.5. The average Bonchev–Trinajstić information content (AvgIpc) is 2.61. The molecule has 2 aliphatic heterocycles. The first-order valence-electron chi connectivity index (χ1n) is 8.66. The monoisotopic (exact) mass is 363 g/mol. The van der Waals surface area contributed by atoms with E-state index in [2.05, 4.69) is 25.8 Å². The second-order valence-corrected chi connectivity index (χ2v) is 7.38. The molecule has 3 N–H and O–H groups in total. The molecule has 0 saturated carbocycles. The molecule has 2 unspecified atom stereocenters. The quantitative estimate of drug-likeness (QED) is 0.686. The summed E-state index contributed by atoms with van der Waals surface area (Å²) in [7, 11) is 0. The lowest BCUT2D eigenvalue weighted by molar-refractivity contribution is -0.127. The van der Waals surface area contributed by atoms with Crippen molar-refractivity contribution in [3.05, 3.63) is 23.9 Å². The summed E-state index contributed by atoms with van der Waals surface area (Å²) >= 11 is 1.48. The van der Waals surface area contributed by atoms with Gasteiger partial charge in [0.2, 0.25) is 5.91 Å². The van der Waals surface area contributed by atoms with Crippen molar-refractivity contribution in [2.24, 2.45) is 0 Å². The molecule has 3 rings (SSSR count). The van der Waals surface area contributed by atoms with E-state index in [1.807, 2.05) is 19.2 Å². The molecule has 2 saturated heterocycles. The van der Waals surface area contributed by atoms with Crippen LogP contribution in [0.5, 0.6) is 0 Å². The number of amides is 2. The molecule has 2 aliphatic rings. The van der Waals surface area contributed by atoms with Crippen LogP contribution in [0.3, 0.4) is 0 Å². The Hall–Kier alpha value is -1.64. The highest BCUT2D eigenvalue weighted by molar-refractivity contribution is 7.98. The largest absolute Gasteiger partial charge is 0.349 e. The first-order valence-corrected chi connectivity index (χ1v) is 9.88. The Labute approximate surface area is 152 Å². The zero-order valence-corrected chi connectivity index (χ0v) is 15.4. The van der Waals surface area contributed by atoms with Gasteiger partial charge in [-0.1, -0.05) is 0 Å². The maximum absolute atomic E-state index is 12.5. The molecule has 0 bridgehead atoms. The fourth-order valence-electron chi connectivity index (χ4n) is 3.35. The van der Waals surface area contributed by atoms with Gasteiger partial charge in [-0.05, 0) is 38.2 Å². The molecule has 7 nitrogen and oxygen atoms in total. The van der Waals surface area contributed by atoms with Crippen molar-refractivity contribution in [3.63, 3.8) is 0 Å². The first-order chi connectivity index (χ1) is 12.1. The SMILES string of the molecule is CSc1ncccc1C(=O)NC1CCN(C2NC(=O)CC(C)N2)CC1. The van der Waals surface area contributed by atoms with Gasteiger partial charge in [-0.2, -0.15) is 0 Å². The van der Waals surface area contributed by atoms with Crippen LogP contribution in [-0.4, -0.2) is 59.4 Å². The minimum absolute atomic E-state index is 0.0615. The number of rotatable bonds is 4. The summed E-state index contributed by atoms with van der Waals surface area (Å²) in [6.45, 7) is 3.69. The lowest BCUT2D eigenvalue weighted by Gasteiger charge is -2.41. The fourth-order valence-corrected chi connectivity index (χ4v) is 3.89. The summed E-state index contributed by atoms with van der Waals surface area (Å²) in [5.74, 6) is 0.0291. The van der Waals surface area contributed by atoms with Crippen LogP contribution in [0.4, 0.5) is 0 Å². The number of thioether (sulfide) groups is 1. The number of pyridine rings is 1. The number of hydrogen-bond acceptors (Lipinski definition) is 6. The topological polar surface area (TPSA) is 86.4 Å². The number of carbonyl (C=O) groups excluding carboxylic acids is 2. The van der Waals surface area contributed by atoms with Crippen LogP contribution in [0, 0.1) is 0 Å². The predicted molar refractivity (Wildman–Crippen MR) is 97.2 cm³/mol. The Kier molecular flexibility index (Phi) is 5.93. The molecule has 2 amide bonds. The van der Waals surface area contributed by atoms with Gasteiger partial charge in [0.25, 0.3) is 5.91 Å². The van der Waals surface area contributed by atoms with Crippen molar-refractivity contribution in [2.75, 3.05) is 19.3 Å². The summed E-state index contributed by atoms with van der Waals surface area (Å²) in [4.78, 5) is 30.7. The van der Waals surface area contributed by atoms with E-state index < -0.39 is 0 Å². The first kappa shape index (κ1) is 18.2. The average molecular weight is 363 g/mol. The maximum Gasteiger partial charge on any atom is 0.254 e. The van der Waals surface area contributed by atoms with Crippen LogP contribution in [-0.2, 0) is 4.79 Å². The second-order valence-electron chi connectivity index (χ2n) is 6.59. The summed E-state index contributed by atoms with van der Waals surface area (Å²) < 4.78 is 0. The van der Waals surface area contributed by atoms with Gasteiger partial charge in [0.05, 0.1) is 5.56 Å². The van der Waals surface area contributed by atoms with Gasteiger partial charge >= 0.3 is 0 Å². The molecule has 136 valence electrons. The van der Waals surface area contributed by atoms with Crippen LogP contribution >= 0.6 is 11.8 Å². The molecule has 1 aromatic rings. The van der Waals surface area contributed by atoms with E-state index in [-0.39, 0.29) is 30.2 Å². The molecule has 8 heteroatoms. The molecule has 0 aliphatic carbocycles. The van der Waals surface area contributed by atoms with Crippen LogP contribution in [0.15, 0.2) is 23.4 Å². The van der Waals surface area contributed by atoms with Crippen molar-refractivity contribution < 1.29 is 9.59 Å². The zero-order valence-electron chi connectivity index (χ0n) is 14.6. The molecular formula is C17H25N5O2S. The minimum atomic E-state index is -0.102. The third kappa shape index (κ3) is 4.50. The summed E-state index contributed by atoms with van der Waals surface area (Å²) in [6, 6.07) is 3.93. The van der Waals surface area contributed by atoms with E-state index in [1.165, 1.54) is 11.8 Å². The van der Waals surface area contributed by atoms with E-state index in [0.717, 1.165) is 31.0 Å².